The van der Waals surface area contributed by atoms with Crippen LogP contribution in [0.2, 0.25) is 0 Å². The minimum absolute atomic E-state index is 0.0175. The van der Waals surface area contributed by atoms with E-state index in [1.165, 1.54) is 12.7 Å². The van der Waals surface area contributed by atoms with Crippen molar-refractivity contribution in [3.8, 4) is 0 Å². The highest BCUT2D eigenvalue weighted by Crippen LogP contribution is 2.72. The fraction of sp³-hybridized carbons (Fsp3) is 0.833. The van der Waals surface area contributed by atoms with Gasteiger partial charge in [-0.25, -0.2) is 9.59 Å². The molecule has 296 valence electrons. The Bertz CT molecular complexity index is 1370. The summed E-state index contributed by atoms with van der Waals surface area (Å²) in [5.74, 6) is -3.24. The van der Waals surface area contributed by atoms with Crippen molar-refractivity contribution in [2.45, 2.75) is 157 Å². The summed E-state index contributed by atoms with van der Waals surface area (Å²) >= 11 is 0. The van der Waals surface area contributed by atoms with Crippen LogP contribution in [0.15, 0.2) is 23.3 Å². The molecule has 3 N–H and O–H groups in total. The van der Waals surface area contributed by atoms with Crippen molar-refractivity contribution in [2.75, 3.05) is 13.7 Å². The predicted octanol–water partition coefficient (Wildman–Crippen LogP) is 6.33. The van der Waals surface area contributed by atoms with E-state index in [1.807, 2.05) is 13.8 Å². The summed E-state index contributed by atoms with van der Waals surface area (Å²) in [6.07, 6.45) is 3.54. The minimum Gasteiger partial charge on any atom is -0.469 e. The van der Waals surface area contributed by atoms with Gasteiger partial charge in [0, 0.05) is 17.8 Å². The summed E-state index contributed by atoms with van der Waals surface area (Å²) in [4.78, 5) is 40.4. The van der Waals surface area contributed by atoms with Gasteiger partial charge in [0.1, 0.15) is 12.2 Å². The molecular formula is C42H68O10. The van der Waals surface area contributed by atoms with Crippen molar-refractivity contribution in [3.05, 3.63) is 23.3 Å². The van der Waals surface area contributed by atoms with E-state index in [0.717, 1.165) is 18.4 Å². The van der Waals surface area contributed by atoms with E-state index in [2.05, 4.69) is 46.8 Å². The quantitative estimate of drug-likeness (QED) is 0.111. The maximum absolute atomic E-state index is 13.9. The molecule has 4 rings (SSSR count). The van der Waals surface area contributed by atoms with Crippen LogP contribution in [-0.4, -0.2) is 83.1 Å². The number of rotatable bonds is 13. The Morgan fingerprint density at radius 3 is 2.23 bits per heavy atom. The number of ether oxygens (including phenoxy) is 4. The molecule has 1 aliphatic heterocycles. The molecule has 52 heavy (non-hydrogen) atoms. The molecule has 4 aliphatic rings. The monoisotopic (exact) mass is 732 g/mol. The fourth-order valence-corrected chi connectivity index (χ4v) is 11.1. The van der Waals surface area contributed by atoms with Crippen LogP contribution in [0.4, 0.5) is 0 Å². The van der Waals surface area contributed by atoms with Crippen molar-refractivity contribution in [1.29, 1.82) is 0 Å². The van der Waals surface area contributed by atoms with Crippen LogP contribution in [0.3, 0.4) is 0 Å². The van der Waals surface area contributed by atoms with Gasteiger partial charge in [-0.15, -0.1) is 0 Å². The molecule has 0 spiro atoms. The molecule has 1 heterocycles. The molecule has 0 aromatic heterocycles. The highest BCUT2D eigenvalue weighted by atomic mass is 16.6. The van der Waals surface area contributed by atoms with Crippen molar-refractivity contribution < 1.29 is 48.7 Å². The topological polar surface area (TPSA) is 149 Å². The number of carbonyl (C=O) groups excluding carboxylic acids is 3. The highest BCUT2D eigenvalue weighted by molar-refractivity contribution is 5.75. The van der Waals surface area contributed by atoms with Gasteiger partial charge in [-0.05, 0) is 100 Å². The lowest BCUT2D eigenvalue weighted by molar-refractivity contribution is -0.242. The molecule has 1 saturated heterocycles. The van der Waals surface area contributed by atoms with Gasteiger partial charge in [0.2, 0.25) is 0 Å². The molecule has 10 heteroatoms. The average Bonchev–Trinajstić information content (AvgIpc) is 3.66. The lowest BCUT2D eigenvalue weighted by Crippen LogP contribution is -2.68. The summed E-state index contributed by atoms with van der Waals surface area (Å²) in [5, 5.41) is 34.0. The minimum atomic E-state index is -1.35. The van der Waals surface area contributed by atoms with E-state index < -0.39 is 70.0 Å². The van der Waals surface area contributed by atoms with Gasteiger partial charge in [-0.3, -0.25) is 4.79 Å². The maximum atomic E-state index is 13.9. The zero-order valence-electron chi connectivity index (χ0n) is 33.9. The first-order valence-corrected chi connectivity index (χ1v) is 19.6. The number of allylic oxidation sites excluding steroid dienone is 2. The maximum Gasteiger partial charge on any atom is 0.335 e. The lowest BCUT2D eigenvalue weighted by atomic mass is 9.39. The Labute approximate surface area is 312 Å². The van der Waals surface area contributed by atoms with Gasteiger partial charge in [-0.1, -0.05) is 78.2 Å². The molecule has 0 aromatic carbocycles. The second kappa shape index (κ2) is 15.8. The Balaban J connectivity index is 1.94. The zero-order chi connectivity index (χ0) is 39.1. The number of methoxy groups -OCH3 is 1. The number of hydrogen-bond acceptors (Lipinski definition) is 10. The average molecular weight is 733 g/mol. The molecule has 0 radical (unpaired) electrons. The van der Waals surface area contributed by atoms with Gasteiger partial charge in [0.25, 0.3) is 0 Å². The fourth-order valence-electron chi connectivity index (χ4n) is 11.1. The van der Waals surface area contributed by atoms with Gasteiger partial charge in [0.05, 0.1) is 25.4 Å². The number of carbonyl (C=O) groups is 3. The largest absolute Gasteiger partial charge is 0.469 e. The third kappa shape index (κ3) is 7.92. The highest BCUT2D eigenvalue weighted by Gasteiger charge is 2.71. The van der Waals surface area contributed by atoms with E-state index in [-0.39, 0.29) is 48.6 Å². The molecule has 13 atom stereocenters. The Kier molecular flexibility index (Phi) is 12.9. The van der Waals surface area contributed by atoms with Crippen LogP contribution in [-0.2, 0) is 33.3 Å². The van der Waals surface area contributed by atoms with E-state index in [9.17, 15) is 29.7 Å². The first-order chi connectivity index (χ1) is 24.1. The van der Waals surface area contributed by atoms with Crippen molar-refractivity contribution in [3.63, 3.8) is 0 Å². The van der Waals surface area contributed by atoms with Crippen LogP contribution in [0.25, 0.3) is 0 Å². The van der Waals surface area contributed by atoms with Crippen molar-refractivity contribution >= 4 is 17.9 Å². The molecule has 3 aliphatic carbocycles. The van der Waals surface area contributed by atoms with Gasteiger partial charge < -0.3 is 34.3 Å². The van der Waals surface area contributed by atoms with E-state index >= 15 is 0 Å². The first kappa shape index (κ1) is 42.5. The van der Waals surface area contributed by atoms with E-state index in [0.29, 0.717) is 25.9 Å². The van der Waals surface area contributed by atoms with Crippen LogP contribution >= 0.6 is 0 Å². The number of fused-ring (bicyclic) bond motifs is 3. The third-order valence-corrected chi connectivity index (χ3v) is 13.8. The molecular weight excluding hydrogens is 664 g/mol. The van der Waals surface area contributed by atoms with Crippen LogP contribution in [0.5, 0.6) is 0 Å². The molecule has 3 fully saturated rings. The van der Waals surface area contributed by atoms with E-state index in [1.54, 1.807) is 27.7 Å². The second-order valence-electron chi connectivity index (χ2n) is 18.4. The van der Waals surface area contributed by atoms with Gasteiger partial charge >= 0.3 is 17.9 Å². The standard InChI is InChI=1S/C42H68O10/c1-13-25(6)35(45)38(47)51-29-21-41(10)28(26-19-27(50-22-26)18-23(2)3)14-15-30(41)42(11)32(52-37(46)34(44)24(4)5)20-31(39(7,8)48)40(9,36(29)42)17-16-33(43)49-12/h15,18,24-29,31-32,34-36,44-45,48H,13-14,16-17,19-22H2,1-12H3/t25-,26-,27-,28+,29-,31-,32-,34-,35-,36-,40+,41+,42-/m1/s1. The number of aliphatic hydroxyl groups is 3. The molecule has 2 saturated carbocycles. The zero-order valence-corrected chi connectivity index (χ0v) is 33.9. The normalized spacial score (nSPS) is 37.6. The SMILES string of the molecule is CC[C@@H](C)[C@@H](O)C(=O)O[C@@H]1C[C@]2(C)C(=CC[C@H]2[C@H]2CO[C@H](C=C(C)C)C2)[C@@]2(C)[C@H]1[C@@](C)(CCC(=O)OC)[C@@H](C(C)(C)O)C[C@H]2OC(=O)[C@H](O)C(C)C. The van der Waals surface area contributed by atoms with Crippen LogP contribution < -0.4 is 0 Å². The Morgan fingerprint density at radius 1 is 1.04 bits per heavy atom. The molecule has 0 amide bonds. The van der Waals surface area contributed by atoms with Crippen molar-refractivity contribution in [2.24, 2.45) is 51.8 Å². The first-order valence-electron chi connectivity index (χ1n) is 19.6. The summed E-state index contributed by atoms with van der Waals surface area (Å²) in [6.45, 7) is 21.8. The summed E-state index contributed by atoms with van der Waals surface area (Å²) in [7, 11) is 1.35. The van der Waals surface area contributed by atoms with E-state index in [4.69, 9.17) is 18.9 Å². The molecule has 10 nitrogen and oxygen atoms in total. The summed E-state index contributed by atoms with van der Waals surface area (Å²) in [6, 6.07) is 0. The number of aliphatic hydroxyl groups excluding tert-OH is 2. The van der Waals surface area contributed by atoms with Gasteiger partial charge in [-0.2, -0.15) is 0 Å². The van der Waals surface area contributed by atoms with Crippen molar-refractivity contribution in [1.82, 2.24) is 0 Å². The Morgan fingerprint density at radius 2 is 1.67 bits per heavy atom. The molecule has 0 bridgehead atoms. The summed E-state index contributed by atoms with van der Waals surface area (Å²) < 4.78 is 24.4. The van der Waals surface area contributed by atoms with Crippen LogP contribution in [0, 0.1) is 51.8 Å². The summed E-state index contributed by atoms with van der Waals surface area (Å²) in [5.41, 5.74) is -1.26. The number of hydrogen-bond donors (Lipinski definition) is 3. The number of esters is 3. The molecule has 0 unspecified atom stereocenters. The third-order valence-electron chi connectivity index (χ3n) is 13.8. The van der Waals surface area contributed by atoms with Crippen LogP contribution in [0.1, 0.15) is 121 Å². The smallest absolute Gasteiger partial charge is 0.335 e. The Hall–Kier alpha value is -2.27. The molecule has 0 aromatic rings. The second-order valence-corrected chi connectivity index (χ2v) is 18.4. The van der Waals surface area contributed by atoms with Gasteiger partial charge in [0.15, 0.2) is 12.2 Å². The predicted molar refractivity (Wildman–Crippen MR) is 198 cm³/mol. The lowest BCUT2D eigenvalue weighted by Gasteiger charge is -2.67.